The van der Waals surface area contributed by atoms with E-state index < -0.39 is 4.92 Å². The molecule has 0 aliphatic carbocycles. The second kappa shape index (κ2) is 4.30. The first kappa shape index (κ1) is 10.6. The van der Waals surface area contributed by atoms with E-state index in [1.54, 1.807) is 7.05 Å². The van der Waals surface area contributed by atoms with Crippen LogP contribution < -0.4 is 10.2 Å². The minimum atomic E-state index is -0.437. The van der Waals surface area contributed by atoms with E-state index in [1.807, 2.05) is 4.90 Å². The Labute approximate surface area is 92.7 Å². The summed E-state index contributed by atoms with van der Waals surface area (Å²) < 4.78 is 0. The molecule has 0 amide bonds. The van der Waals surface area contributed by atoms with Crippen molar-refractivity contribution in [3.63, 3.8) is 0 Å². The molecule has 0 atom stereocenters. The molecule has 0 bridgehead atoms. The van der Waals surface area contributed by atoms with Crippen LogP contribution in [0.2, 0.25) is 0 Å². The number of nitrogens with one attached hydrogen (secondary N) is 1. The summed E-state index contributed by atoms with van der Waals surface area (Å²) >= 11 is 0. The molecule has 1 N–H and O–H groups in total. The van der Waals surface area contributed by atoms with E-state index in [-0.39, 0.29) is 5.69 Å². The van der Waals surface area contributed by atoms with Gasteiger partial charge in [-0.15, -0.1) is 0 Å². The van der Waals surface area contributed by atoms with Gasteiger partial charge in [0.15, 0.2) is 0 Å². The van der Waals surface area contributed by atoms with Crippen LogP contribution in [0.15, 0.2) is 6.20 Å². The minimum Gasteiger partial charge on any atom is -0.357 e. The maximum absolute atomic E-state index is 10.9. The fraction of sp³-hybridized carbons (Fsp3) is 0.556. The molecule has 16 heavy (non-hydrogen) atoms. The van der Waals surface area contributed by atoms with Gasteiger partial charge in [0.05, 0.1) is 4.92 Å². The Morgan fingerprint density at radius 2 is 2.19 bits per heavy atom. The molecule has 7 heteroatoms. The van der Waals surface area contributed by atoms with E-state index in [4.69, 9.17) is 0 Å². The summed E-state index contributed by atoms with van der Waals surface area (Å²) in [6, 6.07) is 0. The van der Waals surface area contributed by atoms with Crippen LogP contribution >= 0.6 is 0 Å². The molecule has 86 valence electrons. The van der Waals surface area contributed by atoms with Crippen LogP contribution in [0.3, 0.4) is 0 Å². The quantitative estimate of drug-likeness (QED) is 0.608. The van der Waals surface area contributed by atoms with E-state index in [2.05, 4.69) is 15.3 Å². The summed E-state index contributed by atoms with van der Waals surface area (Å²) in [5.74, 6) is 0.828. The van der Waals surface area contributed by atoms with Crippen molar-refractivity contribution in [2.45, 2.75) is 12.8 Å². The molecule has 1 aromatic heterocycles. The lowest BCUT2D eigenvalue weighted by atomic mass is 10.4. The Balaban J connectivity index is 2.40. The van der Waals surface area contributed by atoms with Crippen LogP contribution in [0, 0.1) is 10.1 Å². The van der Waals surface area contributed by atoms with Gasteiger partial charge in [0.2, 0.25) is 11.8 Å². The molecule has 0 saturated carbocycles. The second-order valence-corrected chi connectivity index (χ2v) is 3.60. The molecule has 1 aliphatic heterocycles. The third-order valence-electron chi connectivity index (χ3n) is 2.58. The lowest BCUT2D eigenvalue weighted by Gasteiger charge is -2.16. The molecule has 0 spiro atoms. The zero-order chi connectivity index (χ0) is 11.5. The standard InChI is InChI=1S/C9H13N5O2/c1-10-9-11-6-7(14(15)16)8(12-9)13-4-2-3-5-13/h6H,2-5H2,1H3,(H,10,11,12). The van der Waals surface area contributed by atoms with Crippen LogP contribution in [0.5, 0.6) is 0 Å². The van der Waals surface area contributed by atoms with E-state index >= 15 is 0 Å². The first-order valence-electron chi connectivity index (χ1n) is 5.16. The molecule has 1 aliphatic rings. The largest absolute Gasteiger partial charge is 0.357 e. The molecule has 2 heterocycles. The van der Waals surface area contributed by atoms with Gasteiger partial charge in [-0.1, -0.05) is 0 Å². The fourth-order valence-electron chi connectivity index (χ4n) is 1.78. The molecule has 1 aromatic rings. The van der Waals surface area contributed by atoms with Crippen LogP contribution in [-0.4, -0.2) is 35.0 Å². The lowest BCUT2D eigenvalue weighted by molar-refractivity contribution is -0.384. The normalized spacial score (nSPS) is 15.2. The van der Waals surface area contributed by atoms with Gasteiger partial charge in [0, 0.05) is 20.1 Å². The summed E-state index contributed by atoms with van der Waals surface area (Å²) in [6.07, 6.45) is 3.36. The molecule has 7 nitrogen and oxygen atoms in total. The number of rotatable bonds is 3. The van der Waals surface area contributed by atoms with Crippen molar-refractivity contribution in [1.82, 2.24) is 9.97 Å². The smallest absolute Gasteiger partial charge is 0.329 e. The Bertz CT molecular complexity index is 403. The van der Waals surface area contributed by atoms with Crippen LogP contribution in [0.4, 0.5) is 17.5 Å². The van der Waals surface area contributed by atoms with Gasteiger partial charge < -0.3 is 10.2 Å². The number of aromatic nitrogens is 2. The molecule has 1 fully saturated rings. The molecule has 0 aromatic carbocycles. The minimum absolute atomic E-state index is 0.0269. The fourth-order valence-corrected chi connectivity index (χ4v) is 1.78. The third kappa shape index (κ3) is 1.88. The first-order valence-corrected chi connectivity index (χ1v) is 5.16. The Kier molecular flexibility index (Phi) is 2.84. The maximum atomic E-state index is 10.9. The van der Waals surface area contributed by atoms with E-state index in [1.165, 1.54) is 6.20 Å². The van der Waals surface area contributed by atoms with Gasteiger partial charge in [-0.25, -0.2) is 4.98 Å². The number of anilines is 2. The van der Waals surface area contributed by atoms with Crippen LogP contribution in [0.25, 0.3) is 0 Å². The SMILES string of the molecule is CNc1ncc([N+](=O)[O-])c(N2CCCC2)n1. The highest BCUT2D eigenvalue weighted by Crippen LogP contribution is 2.28. The van der Waals surface area contributed by atoms with Crippen molar-refractivity contribution < 1.29 is 4.92 Å². The average molecular weight is 223 g/mol. The van der Waals surface area contributed by atoms with E-state index in [0.29, 0.717) is 11.8 Å². The Hall–Kier alpha value is -1.92. The molecule has 0 radical (unpaired) electrons. The van der Waals surface area contributed by atoms with Gasteiger partial charge in [-0.05, 0) is 12.8 Å². The van der Waals surface area contributed by atoms with Crippen molar-refractivity contribution >= 4 is 17.5 Å². The third-order valence-corrected chi connectivity index (χ3v) is 2.58. The molecular weight excluding hydrogens is 210 g/mol. The highest BCUT2D eigenvalue weighted by Gasteiger charge is 2.24. The highest BCUT2D eigenvalue weighted by atomic mass is 16.6. The number of hydrogen-bond acceptors (Lipinski definition) is 6. The van der Waals surface area contributed by atoms with Gasteiger partial charge in [-0.3, -0.25) is 10.1 Å². The Morgan fingerprint density at radius 1 is 1.50 bits per heavy atom. The molecule has 2 rings (SSSR count). The van der Waals surface area contributed by atoms with E-state index in [0.717, 1.165) is 25.9 Å². The predicted molar refractivity (Wildman–Crippen MR) is 59.7 cm³/mol. The summed E-state index contributed by atoms with van der Waals surface area (Å²) in [5.41, 5.74) is -0.0269. The first-order chi connectivity index (χ1) is 7.72. The van der Waals surface area contributed by atoms with Gasteiger partial charge in [-0.2, -0.15) is 4.98 Å². The van der Waals surface area contributed by atoms with Crippen LogP contribution in [-0.2, 0) is 0 Å². The predicted octanol–water partition coefficient (Wildman–Crippen LogP) is 1.03. The monoisotopic (exact) mass is 223 g/mol. The van der Waals surface area contributed by atoms with Gasteiger partial charge in [0.1, 0.15) is 6.20 Å². The zero-order valence-corrected chi connectivity index (χ0v) is 9.01. The highest BCUT2D eigenvalue weighted by molar-refractivity contribution is 5.59. The molecule has 1 saturated heterocycles. The van der Waals surface area contributed by atoms with Crippen molar-refractivity contribution in [3.05, 3.63) is 16.3 Å². The number of nitro groups is 1. The van der Waals surface area contributed by atoms with Gasteiger partial charge in [0.25, 0.3) is 0 Å². The van der Waals surface area contributed by atoms with Crippen molar-refractivity contribution in [3.8, 4) is 0 Å². The summed E-state index contributed by atoms with van der Waals surface area (Å²) in [7, 11) is 1.69. The van der Waals surface area contributed by atoms with Crippen molar-refractivity contribution in [2.24, 2.45) is 0 Å². The number of hydrogen-bond donors (Lipinski definition) is 1. The molecular formula is C9H13N5O2. The van der Waals surface area contributed by atoms with Crippen molar-refractivity contribution in [2.75, 3.05) is 30.4 Å². The number of nitrogens with zero attached hydrogens (tertiary/aromatic N) is 4. The summed E-state index contributed by atoms with van der Waals surface area (Å²) in [6.45, 7) is 1.64. The maximum Gasteiger partial charge on any atom is 0.329 e. The average Bonchev–Trinajstić information content (AvgIpc) is 2.81. The van der Waals surface area contributed by atoms with Gasteiger partial charge >= 0.3 is 5.69 Å². The van der Waals surface area contributed by atoms with Crippen molar-refractivity contribution in [1.29, 1.82) is 0 Å². The lowest BCUT2D eigenvalue weighted by Crippen LogP contribution is -2.21. The summed E-state index contributed by atoms with van der Waals surface area (Å²) in [4.78, 5) is 20.4. The zero-order valence-electron chi connectivity index (χ0n) is 9.01. The second-order valence-electron chi connectivity index (χ2n) is 3.60. The van der Waals surface area contributed by atoms with E-state index in [9.17, 15) is 10.1 Å². The topological polar surface area (TPSA) is 84.2 Å². The molecule has 0 unspecified atom stereocenters. The Morgan fingerprint density at radius 3 is 2.75 bits per heavy atom. The van der Waals surface area contributed by atoms with Crippen LogP contribution in [0.1, 0.15) is 12.8 Å². The summed E-state index contributed by atoms with van der Waals surface area (Å²) in [5, 5.41) is 13.6.